The van der Waals surface area contributed by atoms with Crippen LogP contribution in [0, 0.1) is 17.8 Å². The molecule has 2 saturated carbocycles. The first-order valence-corrected chi connectivity index (χ1v) is 8.89. The van der Waals surface area contributed by atoms with E-state index in [9.17, 15) is 9.90 Å². The molecule has 1 aromatic carbocycles. The van der Waals surface area contributed by atoms with Crippen molar-refractivity contribution in [3.63, 3.8) is 0 Å². The molecule has 6 heteroatoms. The summed E-state index contributed by atoms with van der Waals surface area (Å²) in [6.45, 7) is 0.461. The fourth-order valence-electron chi connectivity index (χ4n) is 4.37. The summed E-state index contributed by atoms with van der Waals surface area (Å²) >= 11 is 0. The molecule has 1 heterocycles. The van der Waals surface area contributed by atoms with Crippen LogP contribution in [-0.4, -0.2) is 28.8 Å². The van der Waals surface area contributed by atoms with Crippen LogP contribution in [0.4, 0.5) is 4.79 Å². The molecule has 0 unspecified atom stereocenters. The number of hydrogen-bond acceptors (Lipinski definition) is 4. The van der Waals surface area contributed by atoms with Gasteiger partial charge in [0, 0.05) is 24.1 Å². The van der Waals surface area contributed by atoms with Gasteiger partial charge in [0.2, 0.25) is 5.89 Å². The molecule has 6 nitrogen and oxygen atoms in total. The predicted molar refractivity (Wildman–Crippen MR) is 92.5 cm³/mol. The zero-order valence-electron chi connectivity index (χ0n) is 14.0. The van der Waals surface area contributed by atoms with Gasteiger partial charge in [-0.1, -0.05) is 18.2 Å². The van der Waals surface area contributed by atoms with Crippen molar-refractivity contribution in [3.8, 4) is 11.5 Å². The zero-order chi connectivity index (χ0) is 17.2. The number of aliphatic hydroxyl groups is 1. The number of aliphatic hydroxyl groups excluding tert-OH is 1. The van der Waals surface area contributed by atoms with Crippen LogP contribution in [0.5, 0.6) is 0 Å². The van der Waals surface area contributed by atoms with Crippen LogP contribution >= 0.6 is 0 Å². The second-order valence-corrected chi connectivity index (χ2v) is 7.04. The van der Waals surface area contributed by atoms with Gasteiger partial charge in [-0.15, -0.1) is 0 Å². The van der Waals surface area contributed by atoms with E-state index in [1.54, 1.807) is 6.26 Å². The Morgan fingerprint density at radius 2 is 2.04 bits per heavy atom. The summed E-state index contributed by atoms with van der Waals surface area (Å²) in [5.74, 6) is 1.81. The topological polar surface area (TPSA) is 87.4 Å². The van der Waals surface area contributed by atoms with Gasteiger partial charge in [-0.2, -0.15) is 0 Å². The minimum atomic E-state index is -0.208. The van der Waals surface area contributed by atoms with E-state index in [1.165, 1.54) is 6.42 Å². The Bertz CT molecular complexity index is 731. The van der Waals surface area contributed by atoms with Crippen LogP contribution in [0.2, 0.25) is 0 Å². The summed E-state index contributed by atoms with van der Waals surface area (Å²) in [5, 5.41) is 15.5. The number of carbonyl (C=O) groups excluding carboxylic acids is 1. The molecule has 2 amide bonds. The fourth-order valence-corrected chi connectivity index (χ4v) is 4.37. The Morgan fingerprint density at radius 1 is 1.24 bits per heavy atom. The lowest BCUT2D eigenvalue weighted by molar-refractivity contribution is 0.144. The SMILES string of the molecule is O=C(NCc1coc(-c2ccccc2)n1)N[C@@H]1[C@@H]2CC[C@@H](C2)[C@@H]1CO. The van der Waals surface area contributed by atoms with Crippen LogP contribution in [0.15, 0.2) is 41.0 Å². The van der Waals surface area contributed by atoms with Gasteiger partial charge >= 0.3 is 6.03 Å². The van der Waals surface area contributed by atoms with Crippen molar-refractivity contribution in [1.82, 2.24) is 15.6 Å². The highest BCUT2D eigenvalue weighted by Gasteiger charge is 2.47. The number of carbonyl (C=O) groups is 1. The van der Waals surface area contributed by atoms with E-state index >= 15 is 0 Å². The van der Waals surface area contributed by atoms with E-state index in [2.05, 4.69) is 15.6 Å². The normalized spacial score (nSPS) is 27.4. The Balaban J connectivity index is 1.31. The molecule has 2 bridgehead atoms. The van der Waals surface area contributed by atoms with Gasteiger partial charge in [0.05, 0.1) is 12.2 Å². The van der Waals surface area contributed by atoms with Crippen LogP contribution < -0.4 is 10.6 Å². The molecular formula is C19H23N3O3. The van der Waals surface area contributed by atoms with E-state index in [0.29, 0.717) is 30.0 Å². The average molecular weight is 341 g/mol. The van der Waals surface area contributed by atoms with Gasteiger partial charge in [-0.3, -0.25) is 0 Å². The fraction of sp³-hybridized carbons (Fsp3) is 0.474. The number of aromatic nitrogens is 1. The third-order valence-electron chi connectivity index (χ3n) is 5.60. The molecule has 2 fully saturated rings. The number of oxazole rings is 1. The van der Waals surface area contributed by atoms with Gasteiger partial charge in [0.25, 0.3) is 0 Å². The molecular weight excluding hydrogens is 318 g/mol. The van der Waals surface area contributed by atoms with Crippen LogP contribution in [0.1, 0.15) is 25.0 Å². The maximum atomic E-state index is 12.2. The third kappa shape index (κ3) is 3.26. The Kier molecular flexibility index (Phi) is 4.44. The molecule has 3 N–H and O–H groups in total. The number of benzene rings is 1. The van der Waals surface area contributed by atoms with E-state index in [4.69, 9.17) is 4.42 Å². The summed E-state index contributed by atoms with van der Waals surface area (Å²) in [6.07, 6.45) is 5.02. The number of fused-ring (bicyclic) bond motifs is 2. The Morgan fingerprint density at radius 3 is 2.84 bits per heavy atom. The van der Waals surface area contributed by atoms with Gasteiger partial charge in [-0.05, 0) is 43.2 Å². The standard InChI is InChI=1S/C19H23N3O3/c23-10-16-13-6-7-14(8-13)17(16)22-19(24)20-9-15-11-25-18(21-15)12-4-2-1-3-5-12/h1-5,11,13-14,16-17,23H,6-10H2,(H2,20,22,24)/t13-,14+,16-,17+/m0/s1. The lowest BCUT2D eigenvalue weighted by Gasteiger charge is -2.30. The highest BCUT2D eigenvalue weighted by Crippen LogP contribution is 2.48. The maximum absolute atomic E-state index is 12.2. The maximum Gasteiger partial charge on any atom is 0.315 e. The first-order valence-electron chi connectivity index (χ1n) is 8.89. The van der Waals surface area contributed by atoms with Crippen molar-refractivity contribution in [1.29, 1.82) is 0 Å². The first kappa shape index (κ1) is 16.1. The van der Waals surface area contributed by atoms with Gasteiger partial charge in [0.15, 0.2) is 0 Å². The summed E-state index contributed by atoms with van der Waals surface area (Å²) in [5.41, 5.74) is 1.59. The van der Waals surface area contributed by atoms with Gasteiger partial charge < -0.3 is 20.2 Å². The monoisotopic (exact) mass is 341 g/mol. The van der Waals surface area contributed by atoms with Crippen molar-refractivity contribution < 1.29 is 14.3 Å². The number of nitrogens with zero attached hydrogens (tertiary/aromatic N) is 1. The van der Waals surface area contributed by atoms with Crippen LogP contribution in [0.25, 0.3) is 11.5 Å². The Labute approximate surface area is 146 Å². The summed E-state index contributed by atoms with van der Waals surface area (Å²) in [7, 11) is 0. The smallest absolute Gasteiger partial charge is 0.315 e. The van der Waals surface area contributed by atoms with Crippen molar-refractivity contribution >= 4 is 6.03 Å². The number of rotatable bonds is 5. The molecule has 25 heavy (non-hydrogen) atoms. The van der Waals surface area contributed by atoms with Crippen molar-refractivity contribution in [2.24, 2.45) is 17.8 Å². The predicted octanol–water partition coefficient (Wildman–Crippen LogP) is 2.55. The van der Waals surface area contributed by atoms with Crippen LogP contribution in [0.3, 0.4) is 0 Å². The summed E-state index contributed by atoms with van der Waals surface area (Å²) in [6, 6.07) is 9.53. The van der Waals surface area contributed by atoms with E-state index in [-0.39, 0.29) is 24.6 Å². The molecule has 2 aliphatic rings. The van der Waals surface area contributed by atoms with E-state index in [0.717, 1.165) is 18.4 Å². The molecule has 132 valence electrons. The minimum absolute atomic E-state index is 0.0842. The summed E-state index contributed by atoms with van der Waals surface area (Å²) < 4.78 is 5.48. The molecule has 0 aliphatic heterocycles. The minimum Gasteiger partial charge on any atom is -0.444 e. The van der Waals surface area contributed by atoms with Gasteiger partial charge in [-0.25, -0.2) is 9.78 Å². The molecule has 2 aromatic rings. The molecule has 4 rings (SSSR count). The van der Waals surface area contributed by atoms with Crippen LogP contribution in [-0.2, 0) is 6.54 Å². The third-order valence-corrected chi connectivity index (χ3v) is 5.60. The zero-order valence-corrected chi connectivity index (χ0v) is 14.0. The molecule has 0 radical (unpaired) electrons. The van der Waals surface area contributed by atoms with E-state index in [1.807, 2.05) is 30.3 Å². The largest absolute Gasteiger partial charge is 0.444 e. The highest BCUT2D eigenvalue weighted by molar-refractivity contribution is 5.74. The van der Waals surface area contributed by atoms with Gasteiger partial charge in [0.1, 0.15) is 6.26 Å². The van der Waals surface area contributed by atoms with E-state index < -0.39 is 0 Å². The second-order valence-electron chi connectivity index (χ2n) is 7.04. The molecule has 0 saturated heterocycles. The lowest BCUT2D eigenvalue weighted by atomic mass is 9.85. The molecule has 1 aromatic heterocycles. The van der Waals surface area contributed by atoms with Crippen molar-refractivity contribution in [2.45, 2.75) is 31.8 Å². The first-order chi connectivity index (χ1) is 12.2. The number of amides is 2. The molecule has 2 aliphatic carbocycles. The quantitative estimate of drug-likeness (QED) is 0.780. The molecule has 0 spiro atoms. The van der Waals surface area contributed by atoms with Crippen molar-refractivity contribution in [2.75, 3.05) is 6.61 Å². The number of urea groups is 1. The second kappa shape index (κ2) is 6.88. The lowest BCUT2D eigenvalue weighted by Crippen LogP contribution is -2.48. The summed E-state index contributed by atoms with van der Waals surface area (Å²) in [4.78, 5) is 16.6. The van der Waals surface area contributed by atoms with Crippen molar-refractivity contribution in [3.05, 3.63) is 42.3 Å². The number of nitrogens with one attached hydrogen (secondary N) is 2. The molecule has 4 atom stereocenters. The highest BCUT2D eigenvalue weighted by atomic mass is 16.3. The number of hydrogen-bond donors (Lipinski definition) is 3. The average Bonchev–Trinajstić information content (AvgIpc) is 3.37. The Hall–Kier alpha value is -2.34.